The second-order valence-corrected chi connectivity index (χ2v) is 5.09. The Balaban J connectivity index is 2.22. The second-order valence-electron chi connectivity index (χ2n) is 5.09. The summed E-state index contributed by atoms with van der Waals surface area (Å²) in [5.41, 5.74) is 0. The van der Waals surface area contributed by atoms with Gasteiger partial charge in [0.05, 0.1) is 6.10 Å². The maximum atomic E-state index is 5.53. The van der Waals surface area contributed by atoms with Crippen LogP contribution in [0.4, 0.5) is 0 Å². The number of piperidine rings is 1. The lowest BCUT2D eigenvalue weighted by Gasteiger charge is -2.36. The highest BCUT2D eigenvalue weighted by Gasteiger charge is 2.25. The largest absolute Gasteiger partial charge is 0.380 e. The molecule has 0 aromatic heterocycles. The Hall–Kier alpha value is -0.120. The maximum Gasteiger partial charge on any atom is 0.0724 e. The summed E-state index contributed by atoms with van der Waals surface area (Å²) in [5.74, 6) is 0.715. The minimum absolute atomic E-state index is 0.434. The summed E-state index contributed by atoms with van der Waals surface area (Å²) in [6.07, 6.45) is 2.94. The minimum Gasteiger partial charge on any atom is -0.380 e. The van der Waals surface area contributed by atoms with E-state index in [2.05, 4.69) is 31.0 Å². The highest BCUT2D eigenvalue weighted by atomic mass is 16.5. The summed E-state index contributed by atoms with van der Waals surface area (Å²) >= 11 is 0. The van der Waals surface area contributed by atoms with Crippen molar-refractivity contribution in [2.75, 3.05) is 33.3 Å². The molecule has 1 fully saturated rings. The van der Waals surface area contributed by atoms with E-state index < -0.39 is 0 Å². The average Bonchev–Trinajstić information content (AvgIpc) is 2.28. The van der Waals surface area contributed by atoms with Crippen LogP contribution < -0.4 is 5.32 Å². The van der Waals surface area contributed by atoms with E-state index in [9.17, 15) is 0 Å². The maximum absolute atomic E-state index is 5.53. The number of ether oxygens (including phenoxy) is 1. The molecule has 96 valence electrons. The fraction of sp³-hybridized carbons (Fsp3) is 1.00. The van der Waals surface area contributed by atoms with E-state index in [0.29, 0.717) is 18.1 Å². The van der Waals surface area contributed by atoms with Crippen molar-refractivity contribution in [3.05, 3.63) is 0 Å². The van der Waals surface area contributed by atoms with Crippen molar-refractivity contribution in [1.82, 2.24) is 10.2 Å². The Morgan fingerprint density at radius 1 is 1.50 bits per heavy atom. The van der Waals surface area contributed by atoms with Crippen molar-refractivity contribution in [3.63, 3.8) is 0 Å². The predicted octanol–water partition coefficient (Wildman–Crippen LogP) is 1.73. The summed E-state index contributed by atoms with van der Waals surface area (Å²) in [5, 5.41) is 3.46. The van der Waals surface area contributed by atoms with Gasteiger partial charge in [0.25, 0.3) is 0 Å². The first kappa shape index (κ1) is 13.9. The van der Waals surface area contributed by atoms with Crippen LogP contribution in [0.15, 0.2) is 0 Å². The van der Waals surface area contributed by atoms with E-state index in [4.69, 9.17) is 4.74 Å². The molecular formula is C13H28N2O. The van der Waals surface area contributed by atoms with E-state index in [-0.39, 0.29) is 0 Å². The summed E-state index contributed by atoms with van der Waals surface area (Å²) in [7, 11) is 1.84. The van der Waals surface area contributed by atoms with Crippen LogP contribution in [0.2, 0.25) is 0 Å². The first-order valence-corrected chi connectivity index (χ1v) is 6.65. The summed E-state index contributed by atoms with van der Waals surface area (Å²) in [6, 6.07) is 0.630. The molecule has 3 unspecified atom stereocenters. The third-order valence-corrected chi connectivity index (χ3v) is 3.71. The molecule has 0 amide bonds. The van der Waals surface area contributed by atoms with Crippen molar-refractivity contribution >= 4 is 0 Å². The standard InChI is InChI=1S/C13H28N2O/c1-5-14-12(3)7-9-15-8-6-11(2)13(10-15)16-4/h11-14H,5-10H2,1-4H3. The van der Waals surface area contributed by atoms with E-state index in [0.717, 1.165) is 13.1 Å². The number of hydrogen-bond donors (Lipinski definition) is 1. The highest BCUT2D eigenvalue weighted by Crippen LogP contribution is 2.19. The third-order valence-electron chi connectivity index (χ3n) is 3.71. The lowest BCUT2D eigenvalue weighted by atomic mass is 9.95. The van der Waals surface area contributed by atoms with Crippen LogP contribution in [0.3, 0.4) is 0 Å². The fourth-order valence-corrected chi connectivity index (χ4v) is 2.43. The van der Waals surface area contributed by atoms with Crippen molar-refractivity contribution in [3.8, 4) is 0 Å². The van der Waals surface area contributed by atoms with Gasteiger partial charge in [0.2, 0.25) is 0 Å². The molecule has 0 radical (unpaired) electrons. The van der Waals surface area contributed by atoms with Crippen molar-refractivity contribution in [2.45, 2.75) is 45.8 Å². The van der Waals surface area contributed by atoms with Crippen molar-refractivity contribution in [2.24, 2.45) is 5.92 Å². The Morgan fingerprint density at radius 2 is 2.25 bits per heavy atom. The van der Waals surface area contributed by atoms with E-state index in [1.165, 1.54) is 25.9 Å². The zero-order chi connectivity index (χ0) is 12.0. The van der Waals surface area contributed by atoms with Gasteiger partial charge in [0, 0.05) is 19.7 Å². The predicted molar refractivity (Wildman–Crippen MR) is 68.8 cm³/mol. The molecule has 1 heterocycles. The molecule has 0 bridgehead atoms. The molecule has 3 atom stereocenters. The van der Waals surface area contributed by atoms with E-state index in [1.54, 1.807) is 0 Å². The zero-order valence-electron chi connectivity index (χ0n) is 11.3. The first-order chi connectivity index (χ1) is 7.67. The van der Waals surface area contributed by atoms with Crippen molar-refractivity contribution in [1.29, 1.82) is 0 Å². The molecule has 1 saturated heterocycles. The summed E-state index contributed by atoms with van der Waals surface area (Å²) in [4.78, 5) is 2.54. The molecule has 0 spiro atoms. The third kappa shape index (κ3) is 4.40. The van der Waals surface area contributed by atoms with Gasteiger partial charge in [-0.05, 0) is 45.3 Å². The Labute approximate surface area is 101 Å². The molecule has 3 nitrogen and oxygen atoms in total. The number of likely N-dealkylation sites (tertiary alicyclic amines) is 1. The molecule has 1 aliphatic rings. The van der Waals surface area contributed by atoms with Crippen LogP contribution in [-0.4, -0.2) is 50.3 Å². The molecule has 0 aromatic carbocycles. The first-order valence-electron chi connectivity index (χ1n) is 6.65. The topological polar surface area (TPSA) is 24.5 Å². The molecule has 3 heteroatoms. The Kier molecular flexibility index (Phi) is 6.32. The number of methoxy groups -OCH3 is 1. The monoisotopic (exact) mass is 228 g/mol. The number of rotatable bonds is 6. The normalized spacial score (nSPS) is 29.2. The molecule has 16 heavy (non-hydrogen) atoms. The van der Waals surface area contributed by atoms with E-state index >= 15 is 0 Å². The average molecular weight is 228 g/mol. The molecular weight excluding hydrogens is 200 g/mol. The van der Waals surface area contributed by atoms with Gasteiger partial charge in [0.15, 0.2) is 0 Å². The lowest BCUT2D eigenvalue weighted by molar-refractivity contribution is -0.00566. The van der Waals surface area contributed by atoms with Crippen LogP contribution >= 0.6 is 0 Å². The number of nitrogens with zero attached hydrogens (tertiary/aromatic N) is 1. The Bertz CT molecular complexity index is 187. The quantitative estimate of drug-likeness (QED) is 0.749. The van der Waals surface area contributed by atoms with Crippen LogP contribution in [-0.2, 0) is 4.74 Å². The highest BCUT2D eigenvalue weighted by molar-refractivity contribution is 4.79. The molecule has 1 rings (SSSR count). The van der Waals surface area contributed by atoms with Crippen LogP contribution in [0.1, 0.15) is 33.6 Å². The zero-order valence-corrected chi connectivity index (χ0v) is 11.3. The van der Waals surface area contributed by atoms with Gasteiger partial charge < -0.3 is 15.0 Å². The van der Waals surface area contributed by atoms with Gasteiger partial charge in [-0.1, -0.05) is 13.8 Å². The molecule has 0 aromatic rings. The van der Waals surface area contributed by atoms with Crippen molar-refractivity contribution < 1.29 is 4.74 Å². The Morgan fingerprint density at radius 3 is 2.88 bits per heavy atom. The van der Waals surface area contributed by atoms with Crippen LogP contribution in [0, 0.1) is 5.92 Å². The summed E-state index contributed by atoms with van der Waals surface area (Å²) in [6.45, 7) is 11.3. The lowest BCUT2D eigenvalue weighted by Crippen LogP contribution is -2.45. The molecule has 0 aliphatic carbocycles. The van der Waals surface area contributed by atoms with E-state index in [1.807, 2.05) is 7.11 Å². The SMILES string of the molecule is CCNC(C)CCN1CCC(C)C(OC)C1. The smallest absolute Gasteiger partial charge is 0.0724 e. The molecule has 1 N–H and O–H groups in total. The van der Waals surface area contributed by atoms with Gasteiger partial charge in [-0.25, -0.2) is 0 Å². The summed E-state index contributed by atoms with van der Waals surface area (Å²) < 4.78 is 5.53. The number of nitrogens with one attached hydrogen (secondary N) is 1. The van der Waals surface area contributed by atoms with Gasteiger partial charge in [-0.3, -0.25) is 0 Å². The van der Waals surface area contributed by atoms with Crippen LogP contribution in [0.5, 0.6) is 0 Å². The second kappa shape index (κ2) is 7.25. The minimum atomic E-state index is 0.434. The van der Waals surface area contributed by atoms with Gasteiger partial charge in [0.1, 0.15) is 0 Å². The van der Waals surface area contributed by atoms with Crippen LogP contribution in [0.25, 0.3) is 0 Å². The fourth-order valence-electron chi connectivity index (χ4n) is 2.43. The van der Waals surface area contributed by atoms with Gasteiger partial charge in [-0.15, -0.1) is 0 Å². The van der Waals surface area contributed by atoms with Gasteiger partial charge >= 0.3 is 0 Å². The molecule has 1 aliphatic heterocycles. The molecule has 0 saturated carbocycles. The number of hydrogen-bond acceptors (Lipinski definition) is 3. The van der Waals surface area contributed by atoms with Gasteiger partial charge in [-0.2, -0.15) is 0 Å².